The highest BCUT2D eigenvalue weighted by Crippen LogP contribution is 2.05. The zero-order valence-corrected chi connectivity index (χ0v) is 10.6. The van der Waals surface area contributed by atoms with Gasteiger partial charge in [0.05, 0.1) is 17.7 Å². The van der Waals surface area contributed by atoms with E-state index in [-0.39, 0.29) is 17.4 Å². The summed E-state index contributed by atoms with van der Waals surface area (Å²) in [6.45, 7) is 0.486. The van der Waals surface area contributed by atoms with E-state index in [2.05, 4.69) is 5.10 Å². The van der Waals surface area contributed by atoms with Crippen LogP contribution >= 0.6 is 11.8 Å². The van der Waals surface area contributed by atoms with E-state index in [9.17, 15) is 9.59 Å². The van der Waals surface area contributed by atoms with Crippen LogP contribution in [0.4, 0.5) is 0 Å². The summed E-state index contributed by atoms with van der Waals surface area (Å²) in [6, 6.07) is 0. The first-order valence-corrected chi connectivity index (χ1v) is 6.15. The molecule has 0 radical (unpaired) electrons. The molecule has 94 valence electrons. The quantitative estimate of drug-likeness (QED) is 0.787. The topological polar surface area (TPSA) is 75.4 Å². The maximum atomic E-state index is 11.6. The van der Waals surface area contributed by atoms with E-state index in [0.29, 0.717) is 6.54 Å². The van der Waals surface area contributed by atoms with Gasteiger partial charge in [-0.1, -0.05) is 0 Å². The molecule has 1 rings (SSSR count). The van der Waals surface area contributed by atoms with Crippen molar-refractivity contribution in [1.82, 2.24) is 14.7 Å². The van der Waals surface area contributed by atoms with Crippen LogP contribution in [-0.2, 0) is 23.2 Å². The molecule has 0 aromatic carbocycles. The number of carbonyl (C=O) groups is 2. The predicted molar refractivity (Wildman–Crippen MR) is 64.6 cm³/mol. The van der Waals surface area contributed by atoms with Gasteiger partial charge in [-0.15, -0.1) is 11.8 Å². The Morgan fingerprint density at radius 1 is 1.53 bits per heavy atom. The molecular formula is C10H15N3O3S. The number of aryl methyl sites for hydroxylation is 1. The molecule has 0 fully saturated rings. The molecule has 0 aliphatic heterocycles. The molecule has 0 unspecified atom stereocenters. The van der Waals surface area contributed by atoms with Crippen LogP contribution in [0.2, 0.25) is 0 Å². The number of nitrogens with zero attached hydrogens (tertiary/aromatic N) is 3. The highest BCUT2D eigenvalue weighted by molar-refractivity contribution is 8.00. The average Bonchev–Trinajstić information content (AvgIpc) is 2.63. The van der Waals surface area contributed by atoms with Gasteiger partial charge in [-0.05, 0) is 0 Å². The number of aliphatic carboxylic acids is 1. The molecule has 1 heterocycles. The molecule has 0 atom stereocenters. The van der Waals surface area contributed by atoms with Gasteiger partial charge in [0.15, 0.2) is 0 Å². The maximum absolute atomic E-state index is 11.6. The molecule has 0 spiro atoms. The number of carboxylic acid groups (broad SMARTS) is 1. The van der Waals surface area contributed by atoms with Gasteiger partial charge < -0.3 is 10.0 Å². The molecule has 0 aliphatic rings. The molecule has 1 aromatic heterocycles. The van der Waals surface area contributed by atoms with Crippen LogP contribution in [0.25, 0.3) is 0 Å². The lowest BCUT2D eigenvalue weighted by Crippen LogP contribution is -2.28. The van der Waals surface area contributed by atoms with Crippen molar-refractivity contribution in [2.45, 2.75) is 6.54 Å². The van der Waals surface area contributed by atoms with Crippen molar-refractivity contribution in [3.05, 3.63) is 18.0 Å². The summed E-state index contributed by atoms with van der Waals surface area (Å²) in [5, 5.41) is 12.5. The van der Waals surface area contributed by atoms with Gasteiger partial charge in [0.2, 0.25) is 5.91 Å². The van der Waals surface area contributed by atoms with Crippen LogP contribution in [0.5, 0.6) is 0 Å². The number of hydrogen-bond donors (Lipinski definition) is 1. The van der Waals surface area contributed by atoms with Crippen LogP contribution in [0.15, 0.2) is 12.4 Å². The normalized spacial score (nSPS) is 10.2. The molecule has 17 heavy (non-hydrogen) atoms. The van der Waals surface area contributed by atoms with Crippen molar-refractivity contribution in [2.75, 3.05) is 18.6 Å². The van der Waals surface area contributed by atoms with Crippen molar-refractivity contribution >= 4 is 23.6 Å². The summed E-state index contributed by atoms with van der Waals surface area (Å²) in [5.41, 5.74) is 0.951. The molecule has 0 bridgehead atoms. The molecule has 6 nitrogen and oxygen atoms in total. The summed E-state index contributed by atoms with van der Waals surface area (Å²) >= 11 is 1.10. The zero-order valence-electron chi connectivity index (χ0n) is 9.79. The van der Waals surface area contributed by atoms with E-state index in [1.165, 1.54) is 0 Å². The van der Waals surface area contributed by atoms with Crippen molar-refractivity contribution in [3.8, 4) is 0 Å². The molecule has 1 amide bonds. The molecule has 0 saturated heterocycles. The SMILES string of the molecule is CN(Cc1cnn(C)c1)C(=O)CSCC(=O)O. The number of hydrogen-bond acceptors (Lipinski definition) is 4. The molecule has 0 saturated carbocycles. The first kappa shape index (κ1) is 13.6. The standard InChI is InChI=1S/C10H15N3O3S/c1-12(4-8-3-11-13(2)5-8)9(14)6-17-7-10(15)16/h3,5H,4,6-7H2,1-2H3,(H,15,16). The summed E-state index contributed by atoms with van der Waals surface area (Å²) in [6.07, 6.45) is 3.54. The van der Waals surface area contributed by atoms with E-state index in [1.807, 2.05) is 13.2 Å². The minimum absolute atomic E-state index is 0.0491. The lowest BCUT2D eigenvalue weighted by Gasteiger charge is -2.15. The summed E-state index contributed by atoms with van der Waals surface area (Å²) in [4.78, 5) is 23.5. The fraction of sp³-hybridized carbons (Fsp3) is 0.500. The summed E-state index contributed by atoms with van der Waals surface area (Å²) < 4.78 is 1.67. The van der Waals surface area contributed by atoms with Crippen molar-refractivity contribution < 1.29 is 14.7 Å². The van der Waals surface area contributed by atoms with Crippen molar-refractivity contribution in [2.24, 2.45) is 7.05 Å². The predicted octanol–water partition coefficient (Wildman–Crippen LogP) is 0.196. The van der Waals surface area contributed by atoms with Gasteiger partial charge >= 0.3 is 5.97 Å². The van der Waals surface area contributed by atoms with E-state index in [1.54, 1.807) is 22.8 Å². The third-order valence-electron chi connectivity index (χ3n) is 2.05. The Morgan fingerprint density at radius 2 is 2.24 bits per heavy atom. The lowest BCUT2D eigenvalue weighted by molar-refractivity contribution is -0.133. The third-order valence-corrected chi connectivity index (χ3v) is 2.96. The van der Waals surface area contributed by atoms with Gasteiger partial charge in [-0.3, -0.25) is 14.3 Å². The second-order valence-electron chi connectivity index (χ2n) is 3.66. The van der Waals surface area contributed by atoms with E-state index >= 15 is 0 Å². The fourth-order valence-electron chi connectivity index (χ4n) is 1.25. The highest BCUT2D eigenvalue weighted by atomic mass is 32.2. The van der Waals surface area contributed by atoms with Crippen LogP contribution < -0.4 is 0 Å². The van der Waals surface area contributed by atoms with Crippen LogP contribution in [0.1, 0.15) is 5.56 Å². The van der Waals surface area contributed by atoms with E-state index < -0.39 is 5.97 Å². The number of thioether (sulfide) groups is 1. The molecule has 1 N–H and O–H groups in total. The number of aromatic nitrogens is 2. The second kappa shape index (κ2) is 6.29. The average molecular weight is 257 g/mol. The van der Waals surface area contributed by atoms with E-state index in [4.69, 9.17) is 5.11 Å². The van der Waals surface area contributed by atoms with Crippen LogP contribution in [0.3, 0.4) is 0 Å². The van der Waals surface area contributed by atoms with E-state index in [0.717, 1.165) is 17.3 Å². The lowest BCUT2D eigenvalue weighted by atomic mass is 10.3. The fourth-order valence-corrected chi connectivity index (χ4v) is 1.92. The Kier molecular flexibility index (Phi) is 5.02. The number of amides is 1. The maximum Gasteiger partial charge on any atom is 0.313 e. The first-order chi connectivity index (χ1) is 7.99. The Balaban J connectivity index is 2.34. The Hall–Kier alpha value is -1.50. The highest BCUT2D eigenvalue weighted by Gasteiger charge is 2.11. The van der Waals surface area contributed by atoms with Gasteiger partial charge in [0, 0.05) is 32.4 Å². The van der Waals surface area contributed by atoms with Gasteiger partial charge in [-0.25, -0.2) is 0 Å². The summed E-state index contributed by atoms with van der Waals surface area (Å²) in [7, 11) is 3.50. The Morgan fingerprint density at radius 3 is 2.76 bits per heavy atom. The molecule has 1 aromatic rings. The Labute approximate surface area is 104 Å². The summed E-state index contributed by atoms with van der Waals surface area (Å²) in [5.74, 6) is -0.854. The second-order valence-corrected chi connectivity index (χ2v) is 4.64. The van der Waals surface area contributed by atoms with Crippen LogP contribution in [-0.4, -0.2) is 50.2 Å². The van der Waals surface area contributed by atoms with Crippen LogP contribution in [0, 0.1) is 0 Å². The minimum Gasteiger partial charge on any atom is -0.481 e. The molecule has 0 aliphatic carbocycles. The van der Waals surface area contributed by atoms with Gasteiger partial charge in [0.25, 0.3) is 0 Å². The largest absolute Gasteiger partial charge is 0.481 e. The number of carboxylic acids is 1. The number of carbonyl (C=O) groups excluding carboxylic acids is 1. The third kappa shape index (κ3) is 4.90. The zero-order chi connectivity index (χ0) is 12.8. The first-order valence-electron chi connectivity index (χ1n) is 5.00. The van der Waals surface area contributed by atoms with Gasteiger partial charge in [0.1, 0.15) is 0 Å². The Bertz CT molecular complexity index is 405. The minimum atomic E-state index is -0.905. The molecular weight excluding hydrogens is 242 g/mol. The monoisotopic (exact) mass is 257 g/mol. The van der Waals surface area contributed by atoms with Crippen molar-refractivity contribution in [1.29, 1.82) is 0 Å². The smallest absolute Gasteiger partial charge is 0.313 e. The molecule has 7 heteroatoms. The number of rotatable bonds is 6. The van der Waals surface area contributed by atoms with Gasteiger partial charge in [-0.2, -0.15) is 5.10 Å². The van der Waals surface area contributed by atoms with Crippen molar-refractivity contribution in [3.63, 3.8) is 0 Å².